The second-order valence-corrected chi connectivity index (χ2v) is 5.61. The maximum Gasteiger partial charge on any atom is 0.320 e. The lowest BCUT2D eigenvalue weighted by atomic mass is 9.64. The number of carboxylic acids is 1. The third-order valence-electron chi connectivity index (χ3n) is 4.32. The van der Waals surface area contributed by atoms with E-state index < -0.39 is 28.1 Å². The molecule has 0 spiro atoms. The van der Waals surface area contributed by atoms with Crippen LogP contribution in [-0.2, 0) is 9.59 Å². The molecule has 1 aliphatic rings. The van der Waals surface area contributed by atoms with Crippen molar-refractivity contribution in [3.05, 3.63) is 51.6 Å². The Labute approximate surface area is 132 Å². The van der Waals surface area contributed by atoms with Gasteiger partial charge in [0.25, 0.3) is 11.6 Å². The molecule has 0 heterocycles. The predicted octanol–water partition coefficient (Wildman–Crippen LogP) is 1.48. The van der Waals surface area contributed by atoms with Gasteiger partial charge >= 0.3 is 5.97 Å². The molecule has 1 amide bonds. The molecular formula is C15H17N3O5. The van der Waals surface area contributed by atoms with Gasteiger partial charge in [0.1, 0.15) is 0 Å². The maximum absolute atomic E-state index is 12.2. The second-order valence-electron chi connectivity index (χ2n) is 5.61. The Hall–Kier alpha value is -2.74. The quantitative estimate of drug-likeness (QED) is 0.192. The van der Waals surface area contributed by atoms with E-state index in [1.54, 1.807) is 6.08 Å². The van der Waals surface area contributed by atoms with Crippen molar-refractivity contribution in [2.24, 2.45) is 11.3 Å². The molecule has 2 unspecified atom stereocenters. The number of aliphatic carboxylic acids is 1. The summed E-state index contributed by atoms with van der Waals surface area (Å²) in [7, 11) is 0. The van der Waals surface area contributed by atoms with Crippen LogP contribution in [0.3, 0.4) is 0 Å². The molecule has 4 N–H and O–H groups in total. The van der Waals surface area contributed by atoms with Crippen molar-refractivity contribution in [2.45, 2.75) is 25.7 Å². The minimum Gasteiger partial charge on any atom is -0.480 e. The first-order chi connectivity index (χ1) is 10.8. The zero-order valence-electron chi connectivity index (χ0n) is 12.5. The minimum absolute atomic E-state index is 0.0128. The van der Waals surface area contributed by atoms with Crippen molar-refractivity contribution >= 4 is 17.6 Å². The van der Waals surface area contributed by atoms with Gasteiger partial charge in [-0.25, -0.2) is 5.84 Å². The van der Waals surface area contributed by atoms with Crippen LogP contribution in [0.5, 0.6) is 0 Å². The Morgan fingerprint density at radius 2 is 2.00 bits per heavy atom. The molecule has 122 valence electrons. The number of non-ortho nitro benzene ring substituents is 1. The molecule has 1 aromatic rings. The van der Waals surface area contributed by atoms with E-state index in [2.05, 4.69) is 0 Å². The van der Waals surface area contributed by atoms with E-state index in [9.17, 15) is 24.8 Å². The number of amides is 1. The molecule has 0 aliphatic heterocycles. The number of hydrazine groups is 1. The smallest absolute Gasteiger partial charge is 0.320 e. The van der Waals surface area contributed by atoms with Gasteiger partial charge in [-0.05, 0) is 25.3 Å². The largest absolute Gasteiger partial charge is 0.480 e. The molecule has 0 bridgehead atoms. The van der Waals surface area contributed by atoms with Crippen molar-refractivity contribution < 1.29 is 19.6 Å². The number of benzene rings is 1. The van der Waals surface area contributed by atoms with E-state index in [-0.39, 0.29) is 12.1 Å². The predicted molar refractivity (Wildman–Crippen MR) is 81.2 cm³/mol. The van der Waals surface area contributed by atoms with Crippen LogP contribution in [0.4, 0.5) is 5.69 Å². The van der Waals surface area contributed by atoms with Crippen LogP contribution in [0.2, 0.25) is 0 Å². The molecule has 8 nitrogen and oxygen atoms in total. The lowest BCUT2D eigenvalue weighted by Gasteiger charge is -2.38. The number of allylic oxidation sites excluding steroid dienone is 2. The number of nitrogens with two attached hydrogens (primary N) is 1. The fourth-order valence-corrected chi connectivity index (χ4v) is 3.00. The molecule has 0 saturated carbocycles. The number of hydrogen-bond acceptors (Lipinski definition) is 5. The molecule has 0 saturated heterocycles. The summed E-state index contributed by atoms with van der Waals surface area (Å²) in [4.78, 5) is 34.3. The normalized spacial score (nSPS) is 23.7. The van der Waals surface area contributed by atoms with E-state index in [4.69, 9.17) is 5.84 Å². The van der Waals surface area contributed by atoms with Crippen LogP contribution in [0.1, 0.15) is 31.2 Å². The van der Waals surface area contributed by atoms with Gasteiger partial charge in [0.05, 0.1) is 4.92 Å². The summed E-state index contributed by atoms with van der Waals surface area (Å²) in [6.45, 7) is 1.85. The molecule has 1 aromatic carbocycles. The van der Waals surface area contributed by atoms with Gasteiger partial charge in [0.15, 0.2) is 5.41 Å². The Morgan fingerprint density at radius 3 is 2.48 bits per heavy atom. The number of nitrogens with zero attached hydrogens (tertiary/aromatic N) is 1. The van der Waals surface area contributed by atoms with E-state index in [1.807, 2.05) is 12.3 Å². The molecule has 8 heteroatoms. The van der Waals surface area contributed by atoms with Gasteiger partial charge in [0.2, 0.25) is 0 Å². The van der Waals surface area contributed by atoms with Crippen molar-refractivity contribution in [3.63, 3.8) is 0 Å². The SMILES string of the molecule is CC1=CCC(C(=O)O)(C(=O)NN)C(c2ccc([N+](=O)[O-])cc2)C1. The highest BCUT2D eigenvalue weighted by atomic mass is 16.6. The molecule has 23 heavy (non-hydrogen) atoms. The van der Waals surface area contributed by atoms with Crippen LogP contribution in [0, 0.1) is 15.5 Å². The molecule has 1 aliphatic carbocycles. The number of carbonyl (C=O) groups excluding carboxylic acids is 1. The number of carboxylic acid groups (broad SMARTS) is 1. The van der Waals surface area contributed by atoms with Crippen LogP contribution < -0.4 is 11.3 Å². The summed E-state index contributed by atoms with van der Waals surface area (Å²) < 4.78 is 0. The summed E-state index contributed by atoms with van der Waals surface area (Å²) in [6.07, 6.45) is 2.08. The highest BCUT2D eigenvalue weighted by Gasteiger charge is 2.53. The summed E-state index contributed by atoms with van der Waals surface area (Å²) in [6, 6.07) is 5.58. The Morgan fingerprint density at radius 1 is 1.39 bits per heavy atom. The zero-order chi connectivity index (χ0) is 17.2. The van der Waals surface area contributed by atoms with Gasteiger partial charge in [-0.2, -0.15) is 0 Å². The highest BCUT2D eigenvalue weighted by Crippen LogP contribution is 2.47. The third kappa shape index (κ3) is 2.80. The number of nitro benzene ring substituents is 1. The van der Waals surface area contributed by atoms with Crippen LogP contribution in [0.25, 0.3) is 0 Å². The summed E-state index contributed by atoms with van der Waals surface area (Å²) in [5.74, 6) is 2.48. The highest BCUT2D eigenvalue weighted by molar-refractivity contribution is 6.03. The first-order valence-electron chi connectivity index (χ1n) is 6.97. The number of hydrogen-bond donors (Lipinski definition) is 3. The lowest BCUT2D eigenvalue weighted by molar-refractivity contribution is -0.384. The molecular weight excluding hydrogens is 302 g/mol. The molecule has 2 rings (SSSR count). The summed E-state index contributed by atoms with van der Waals surface area (Å²) >= 11 is 0. The topological polar surface area (TPSA) is 136 Å². The van der Waals surface area contributed by atoms with Crippen molar-refractivity contribution in [2.75, 3.05) is 0 Å². The van der Waals surface area contributed by atoms with Crippen LogP contribution in [-0.4, -0.2) is 21.9 Å². The zero-order valence-corrected chi connectivity index (χ0v) is 12.5. The Bertz CT molecular complexity index is 683. The Kier molecular flexibility index (Phi) is 4.46. The average Bonchev–Trinajstić information content (AvgIpc) is 2.54. The monoisotopic (exact) mass is 319 g/mol. The average molecular weight is 319 g/mol. The van der Waals surface area contributed by atoms with E-state index in [0.29, 0.717) is 12.0 Å². The van der Waals surface area contributed by atoms with Gasteiger partial charge in [-0.3, -0.25) is 25.1 Å². The van der Waals surface area contributed by atoms with Gasteiger partial charge < -0.3 is 5.11 Å². The van der Waals surface area contributed by atoms with Gasteiger partial charge in [0, 0.05) is 18.1 Å². The number of carbonyl (C=O) groups is 2. The molecule has 2 atom stereocenters. The van der Waals surface area contributed by atoms with Crippen molar-refractivity contribution in [1.82, 2.24) is 5.43 Å². The first-order valence-corrected chi connectivity index (χ1v) is 6.97. The van der Waals surface area contributed by atoms with Crippen molar-refractivity contribution in [1.29, 1.82) is 0 Å². The maximum atomic E-state index is 12.2. The van der Waals surface area contributed by atoms with Crippen LogP contribution >= 0.6 is 0 Å². The van der Waals surface area contributed by atoms with Gasteiger partial charge in [-0.15, -0.1) is 0 Å². The van der Waals surface area contributed by atoms with E-state index >= 15 is 0 Å². The van der Waals surface area contributed by atoms with E-state index in [1.165, 1.54) is 24.3 Å². The Balaban J connectivity index is 2.54. The fourth-order valence-electron chi connectivity index (χ4n) is 3.00. The summed E-state index contributed by atoms with van der Waals surface area (Å²) in [5.41, 5.74) is 1.62. The number of nitro groups is 1. The van der Waals surface area contributed by atoms with Crippen LogP contribution in [0.15, 0.2) is 35.9 Å². The minimum atomic E-state index is -1.73. The summed E-state index contributed by atoms with van der Waals surface area (Å²) in [5, 5.41) is 20.4. The molecule has 0 aromatic heterocycles. The molecule has 0 fully saturated rings. The molecule has 0 radical (unpaired) electrons. The van der Waals surface area contributed by atoms with Gasteiger partial charge in [-0.1, -0.05) is 23.8 Å². The number of rotatable bonds is 4. The number of nitrogens with one attached hydrogen (secondary N) is 1. The van der Waals surface area contributed by atoms with Crippen molar-refractivity contribution in [3.8, 4) is 0 Å². The van der Waals surface area contributed by atoms with E-state index in [0.717, 1.165) is 5.57 Å². The first kappa shape index (κ1) is 16.6. The fraction of sp³-hybridized carbons (Fsp3) is 0.333. The third-order valence-corrected chi connectivity index (χ3v) is 4.32. The second kappa shape index (κ2) is 6.17. The lowest BCUT2D eigenvalue weighted by Crippen LogP contribution is -2.53. The standard InChI is InChI=1S/C15H17N3O5/c1-9-6-7-15(14(20)21,13(19)17-16)12(8-9)10-2-4-11(5-3-10)18(22)23/h2-6,12H,7-8,16H2,1H3,(H,17,19)(H,20,21).